The van der Waals surface area contributed by atoms with Crippen LogP contribution in [0.4, 0.5) is 0 Å². The van der Waals surface area contributed by atoms with E-state index in [2.05, 4.69) is 51.9 Å². The van der Waals surface area contributed by atoms with Gasteiger partial charge in [-0.2, -0.15) is 0 Å². The lowest BCUT2D eigenvalue weighted by Gasteiger charge is -2.43. The Bertz CT molecular complexity index is 221. The summed E-state index contributed by atoms with van der Waals surface area (Å²) in [6, 6.07) is 0.567. The first-order valence-corrected chi connectivity index (χ1v) is 6.66. The van der Waals surface area contributed by atoms with Crippen molar-refractivity contribution in [1.82, 2.24) is 10.2 Å². The van der Waals surface area contributed by atoms with Crippen LogP contribution in [0.2, 0.25) is 0 Å². The molecular formula is C14H30N2. The summed E-state index contributed by atoms with van der Waals surface area (Å²) in [5.74, 6) is 0. The summed E-state index contributed by atoms with van der Waals surface area (Å²) >= 11 is 0. The Labute approximate surface area is 102 Å². The number of hydrogen-bond acceptors (Lipinski definition) is 2. The summed E-state index contributed by atoms with van der Waals surface area (Å²) in [5.41, 5.74) is 0.860. The molecule has 2 nitrogen and oxygen atoms in total. The highest BCUT2D eigenvalue weighted by atomic mass is 15.1. The molecule has 0 bridgehead atoms. The molecule has 1 N–H and O–H groups in total. The van der Waals surface area contributed by atoms with E-state index in [0.717, 1.165) is 0 Å². The van der Waals surface area contributed by atoms with Gasteiger partial charge in [0.25, 0.3) is 0 Å². The van der Waals surface area contributed by atoms with Crippen LogP contribution in [0.25, 0.3) is 0 Å². The lowest BCUT2D eigenvalue weighted by Crippen LogP contribution is -2.49. The molecule has 1 aliphatic heterocycles. The Morgan fingerprint density at radius 2 is 2.00 bits per heavy atom. The van der Waals surface area contributed by atoms with Gasteiger partial charge in [-0.05, 0) is 44.2 Å². The van der Waals surface area contributed by atoms with E-state index in [4.69, 9.17) is 0 Å². The average Bonchev–Trinajstić information content (AvgIpc) is 2.14. The van der Waals surface area contributed by atoms with Crippen molar-refractivity contribution in [3.63, 3.8) is 0 Å². The van der Waals surface area contributed by atoms with Gasteiger partial charge in [0.05, 0.1) is 0 Å². The Hall–Kier alpha value is -0.0800. The zero-order chi connectivity index (χ0) is 12.4. The van der Waals surface area contributed by atoms with Crippen LogP contribution in [0.5, 0.6) is 0 Å². The van der Waals surface area contributed by atoms with Gasteiger partial charge >= 0.3 is 0 Å². The van der Waals surface area contributed by atoms with Gasteiger partial charge in [-0.1, -0.05) is 27.7 Å². The zero-order valence-electron chi connectivity index (χ0n) is 12.1. The summed E-state index contributed by atoms with van der Waals surface area (Å²) in [6.45, 7) is 15.6. The maximum atomic E-state index is 3.39. The molecule has 96 valence electrons. The smallest absolute Gasteiger partial charge is 0.00991 e. The molecule has 1 aliphatic rings. The van der Waals surface area contributed by atoms with Crippen LogP contribution in [0.3, 0.4) is 0 Å². The zero-order valence-corrected chi connectivity index (χ0v) is 12.1. The number of likely N-dealkylation sites (tertiary alicyclic amines) is 1. The molecule has 0 aromatic carbocycles. The lowest BCUT2D eigenvalue weighted by atomic mass is 9.80. The first kappa shape index (κ1) is 14.0. The van der Waals surface area contributed by atoms with E-state index in [1.807, 2.05) is 0 Å². The quantitative estimate of drug-likeness (QED) is 0.793. The molecule has 0 amide bonds. The van der Waals surface area contributed by atoms with Gasteiger partial charge in [0.1, 0.15) is 0 Å². The van der Waals surface area contributed by atoms with Gasteiger partial charge in [0, 0.05) is 19.1 Å². The SMILES string of the molecule is CNC(C)C(C)(C)CN1CCCC(C)(C)C1. The van der Waals surface area contributed by atoms with Crippen molar-refractivity contribution in [3.05, 3.63) is 0 Å². The first-order chi connectivity index (χ1) is 7.27. The molecule has 16 heavy (non-hydrogen) atoms. The van der Waals surface area contributed by atoms with Crippen LogP contribution in [0, 0.1) is 10.8 Å². The standard InChI is InChI=1S/C14H30N2/c1-12(15-6)14(4,5)11-16-9-7-8-13(2,3)10-16/h12,15H,7-11H2,1-6H3. The van der Waals surface area contributed by atoms with Crippen LogP contribution in [-0.4, -0.2) is 37.6 Å². The third kappa shape index (κ3) is 3.74. The van der Waals surface area contributed by atoms with E-state index >= 15 is 0 Å². The molecular weight excluding hydrogens is 196 g/mol. The highest BCUT2D eigenvalue weighted by Crippen LogP contribution is 2.31. The van der Waals surface area contributed by atoms with Crippen molar-refractivity contribution in [2.75, 3.05) is 26.7 Å². The van der Waals surface area contributed by atoms with Crippen molar-refractivity contribution < 1.29 is 0 Å². The highest BCUT2D eigenvalue weighted by Gasteiger charge is 2.32. The van der Waals surface area contributed by atoms with E-state index in [1.165, 1.54) is 32.5 Å². The van der Waals surface area contributed by atoms with Crippen molar-refractivity contribution in [2.24, 2.45) is 10.8 Å². The third-order valence-corrected chi connectivity index (χ3v) is 4.22. The second kappa shape index (κ2) is 5.05. The molecule has 0 aromatic rings. The monoisotopic (exact) mass is 226 g/mol. The van der Waals surface area contributed by atoms with Crippen LogP contribution in [0.1, 0.15) is 47.5 Å². The van der Waals surface area contributed by atoms with E-state index in [1.54, 1.807) is 0 Å². The fourth-order valence-corrected chi connectivity index (χ4v) is 2.78. The molecule has 1 heterocycles. The van der Waals surface area contributed by atoms with Crippen LogP contribution in [-0.2, 0) is 0 Å². The van der Waals surface area contributed by atoms with Gasteiger partial charge in [0.2, 0.25) is 0 Å². The van der Waals surface area contributed by atoms with Crippen molar-refractivity contribution >= 4 is 0 Å². The summed E-state index contributed by atoms with van der Waals surface area (Å²) in [7, 11) is 2.06. The predicted molar refractivity (Wildman–Crippen MR) is 71.8 cm³/mol. The topological polar surface area (TPSA) is 15.3 Å². The third-order valence-electron chi connectivity index (χ3n) is 4.22. The van der Waals surface area contributed by atoms with Gasteiger partial charge in [-0.15, -0.1) is 0 Å². The van der Waals surface area contributed by atoms with Gasteiger partial charge in [-0.25, -0.2) is 0 Å². The van der Waals surface area contributed by atoms with E-state index in [9.17, 15) is 0 Å². The molecule has 0 aromatic heterocycles. The van der Waals surface area contributed by atoms with E-state index < -0.39 is 0 Å². The van der Waals surface area contributed by atoms with Crippen molar-refractivity contribution in [1.29, 1.82) is 0 Å². The Kier molecular flexibility index (Phi) is 4.42. The molecule has 1 unspecified atom stereocenters. The predicted octanol–water partition coefficient (Wildman–Crippen LogP) is 2.74. The first-order valence-electron chi connectivity index (χ1n) is 6.66. The average molecular weight is 226 g/mol. The molecule has 1 fully saturated rings. The molecule has 0 radical (unpaired) electrons. The number of hydrogen-bond donors (Lipinski definition) is 1. The van der Waals surface area contributed by atoms with Gasteiger partial charge in [0.15, 0.2) is 0 Å². The number of nitrogens with one attached hydrogen (secondary N) is 1. The Balaban J connectivity index is 2.53. The molecule has 1 rings (SSSR count). The largest absolute Gasteiger partial charge is 0.317 e. The molecule has 0 aliphatic carbocycles. The van der Waals surface area contributed by atoms with Crippen LogP contribution in [0.15, 0.2) is 0 Å². The Morgan fingerprint density at radius 3 is 2.50 bits per heavy atom. The number of piperidine rings is 1. The maximum Gasteiger partial charge on any atom is 0.00991 e. The summed E-state index contributed by atoms with van der Waals surface area (Å²) in [4.78, 5) is 2.65. The minimum Gasteiger partial charge on any atom is -0.317 e. The maximum absolute atomic E-state index is 3.39. The summed E-state index contributed by atoms with van der Waals surface area (Å²) in [6.07, 6.45) is 2.74. The van der Waals surface area contributed by atoms with E-state index in [-0.39, 0.29) is 0 Å². The molecule has 1 atom stereocenters. The van der Waals surface area contributed by atoms with Gasteiger partial charge in [-0.3, -0.25) is 0 Å². The van der Waals surface area contributed by atoms with Crippen molar-refractivity contribution in [2.45, 2.75) is 53.5 Å². The minimum atomic E-state index is 0.349. The second-order valence-electron chi connectivity index (χ2n) is 6.98. The molecule has 0 saturated carbocycles. The fourth-order valence-electron chi connectivity index (χ4n) is 2.78. The number of nitrogens with zero attached hydrogens (tertiary/aromatic N) is 1. The highest BCUT2D eigenvalue weighted by molar-refractivity contribution is 4.87. The summed E-state index contributed by atoms with van der Waals surface area (Å²) in [5, 5.41) is 3.39. The van der Waals surface area contributed by atoms with Crippen molar-refractivity contribution in [3.8, 4) is 0 Å². The number of rotatable bonds is 4. The second-order valence-corrected chi connectivity index (χ2v) is 6.98. The molecule has 2 heteroatoms. The summed E-state index contributed by atoms with van der Waals surface area (Å²) < 4.78 is 0. The fraction of sp³-hybridized carbons (Fsp3) is 1.00. The molecule has 1 saturated heterocycles. The van der Waals surface area contributed by atoms with E-state index in [0.29, 0.717) is 16.9 Å². The molecule has 0 spiro atoms. The van der Waals surface area contributed by atoms with Crippen LogP contribution < -0.4 is 5.32 Å². The Morgan fingerprint density at radius 1 is 1.38 bits per heavy atom. The lowest BCUT2D eigenvalue weighted by molar-refractivity contribution is 0.0694. The minimum absolute atomic E-state index is 0.349. The van der Waals surface area contributed by atoms with Crippen LogP contribution >= 0.6 is 0 Å². The van der Waals surface area contributed by atoms with Gasteiger partial charge < -0.3 is 10.2 Å². The normalized spacial score (nSPS) is 24.4.